The summed E-state index contributed by atoms with van der Waals surface area (Å²) in [6, 6.07) is 20.3. The highest BCUT2D eigenvalue weighted by Crippen LogP contribution is 2.38. The molecule has 0 aliphatic heterocycles. The van der Waals surface area contributed by atoms with Crippen LogP contribution in [0.4, 0.5) is 5.69 Å². The van der Waals surface area contributed by atoms with Crippen molar-refractivity contribution in [3.05, 3.63) is 83.9 Å². The number of aryl methyl sites for hydroxylation is 2. The zero-order valence-corrected chi connectivity index (χ0v) is 17.7. The minimum atomic E-state index is -0.196. The Balaban J connectivity index is 1.68. The van der Waals surface area contributed by atoms with E-state index in [0.29, 0.717) is 17.2 Å². The molecule has 0 aliphatic carbocycles. The summed E-state index contributed by atoms with van der Waals surface area (Å²) in [4.78, 5) is 16.7. The van der Waals surface area contributed by atoms with E-state index in [1.54, 1.807) is 6.92 Å². The summed E-state index contributed by atoms with van der Waals surface area (Å²) in [5, 5.41) is 7.31. The fourth-order valence-corrected chi connectivity index (χ4v) is 3.91. The van der Waals surface area contributed by atoms with Crippen molar-refractivity contribution >= 4 is 44.2 Å². The van der Waals surface area contributed by atoms with Gasteiger partial charge in [0.1, 0.15) is 5.52 Å². The number of hydrogen-bond donors (Lipinski definition) is 1. The van der Waals surface area contributed by atoms with Crippen LogP contribution in [0.25, 0.3) is 44.1 Å². The van der Waals surface area contributed by atoms with Crippen molar-refractivity contribution in [1.82, 2.24) is 4.98 Å². The van der Waals surface area contributed by atoms with Crippen molar-refractivity contribution in [2.75, 3.05) is 5.32 Å². The third-order valence-corrected chi connectivity index (χ3v) is 5.54. The lowest BCUT2D eigenvalue weighted by molar-refractivity contribution is -0.112. The second-order valence-electron chi connectivity index (χ2n) is 8.11. The van der Waals surface area contributed by atoms with Crippen molar-refractivity contribution in [1.29, 1.82) is 0 Å². The van der Waals surface area contributed by atoms with E-state index < -0.39 is 0 Å². The lowest BCUT2D eigenvalue weighted by Crippen LogP contribution is -2.11. The van der Waals surface area contributed by atoms with Gasteiger partial charge in [0.15, 0.2) is 5.58 Å². The van der Waals surface area contributed by atoms with Gasteiger partial charge in [-0.1, -0.05) is 54.1 Å². The van der Waals surface area contributed by atoms with Crippen LogP contribution in [0.1, 0.15) is 18.1 Å². The van der Waals surface area contributed by atoms with E-state index in [1.807, 2.05) is 24.3 Å². The minimum Gasteiger partial charge on any atom is -0.435 e. The molecule has 0 radical (unpaired) electrons. The van der Waals surface area contributed by atoms with Crippen molar-refractivity contribution in [3.8, 4) is 11.5 Å². The number of aromatic nitrogens is 1. The number of nitrogens with one attached hydrogen (secondary N) is 1. The topological polar surface area (TPSA) is 55.1 Å². The number of rotatable bonds is 3. The molecule has 0 unspecified atom stereocenters. The Morgan fingerprint density at radius 2 is 1.48 bits per heavy atom. The Morgan fingerprint density at radius 3 is 2.13 bits per heavy atom. The molecule has 152 valence electrons. The standard InChI is InChI=1S/C27H22N2O2/c1-15(2)26(30)28-19-9-7-18(8-10-19)27-29-24-20-11-5-16(3)13-22(20)23-14-17(4)6-12-21(23)25(24)31-27/h5-14H,1H2,2-4H3,(H,28,30). The predicted octanol–water partition coefficient (Wildman–Crippen LogP) is 6.93. The minimum absolute atomic E-state index is 0.196. The molecular formula is C27H22N2O2. The lowest BCUT2D eigenvalue weighted by Gasteiger charge is -2.07. The average molecular weight is 406 g/mol. The number of anilines is 1. The maximum atomic E-state index is 11.8. The Kier molecular flexibility index (Phi) is 4.36. The Bertz CT molecular complexity index is 1430. The molecule has 5 aromatic rings. The monoisotopic (exact) mass is 406 g/mol. The average Bonchev–Trinajstić information content (AvgIpc) is 3.19. The molecule has 31 heavy (non-hydrogen) atoms. The number of amides is 1. The summed E-state index contributed by atoms with van der Waals surface area (Å²) in [6.45, 7) is 9.55. The highest BCUT2D eigenvalue weighted by Gasteiger charge is 2.16. The molecule has 0 fully saturated rings. The van der Waals surface area contributed by atoms with Gasteiger partial charge in [0.25, 0.3) is 5.91 Å². The fraction of sp³-hybridized carbons (Fsp3) is 0.111. The summed E-state index contributed by atoms with van der Waals surface area (Å²) in [6.07, 6.45) is 0. The molecule has 4 heteroatoms. The number of carbonyl (C=O) groups excluding carboxylic acids is 1. The molecule has 0 atom stereocenters. The van der Waals surface area contributed by atoms with Gasteiger partial charge >= 0.3 is 0 Å². The molecule has 1 aromatic heterocycles. The van der Waals surface area contributed by atoms with Crippen LogP contribution in [0.5, 0.6) is 0 Å². The number of nitrogens with zero attached hydrogens (tertiary/aromatic N) is 1. The Hall–Kier alpha value is -3.92. The van der Waals surface area contributed by atoms with Crippen molar-refractivity contribution in [3.63, 3.8) is 0 Å². The van der Waals surface area contributed by atoms with E-state index in [1.165, 1.54) is 21.9 Å². The first-order chi connectivity index (χ1) is 14.9. The maximum Gasteiger partial charge on any atom is 0.250 e. The van der Waals surface area contributed by atoms with E-state index >= 15 is 0 Å². The number of oxazole rings is 1. The molecule has 0 aliphatic rings. The number of hydrogen-bond acceptors (Lipinski definition) is 3. The van der Waals surface area contributed by atoms with Gasteiger partial charge in [-0.25, -0.2) is 4.98 Å². The van der Waals surface area contributed by atoms with Gasteiger partial charge in [-0.05, 0) is 55.8 Å². The number of fused-ring (bicyclic) bond motifs is 6. The summed E-state index contributed by atoms with van der Waals surface area (Å²) < 4.78 is 6.29. The Labute approximate surface area is 180 Å². The smallest absolute Gasteiger partial charge is 0.250 e. The van der Waals surface area contributed by atoms with Crippen molar-refractivity contribution in [2.45, 2.75) is 20.8 Å². The second-order valence-corrected chi connectivity index (χ2v) is 8.11. The third-order valence-electron chi connectivity index (χ3n) is 5.54. The van der Waals surface area contributed by atoms with Crippen LogP contribution in [-0.4, -0.2) is 10.9 Å². The van der Waals surface area contributed by atoms with E-state index in [2.05, 4.69) is 62.1 Å². The van der Waals surface area contributed by atoms with Gasteiger partial charge in [0.05, 0.1) is 0 Å². The lowest BCUT2D eigenvalue weighted by atomic mass is 9.97. The van der Waals surface area contributed by atoms with Crippen LogP contribution in [-0.2, 0) is 4.79 Å². The van der Waals surface area contributed by atoms with E-state index in [0.717, 1.165) is 27.4 Å². The molecule has 5 rings (SSSR count). The molecule has 0 spiro atoms. The molecule has 0 saturated heterocycles. The van der Waals surface area contributed by atoms with Crippen molar-refractivity contribution in [2.24, 2.45) is 0 Å². The zero-order valence-electron chi connectivity index (χ0n) is 17.7. The van der Waals surface area contributed by atoms with E-state index in [-0.39, 0.29) is 5.91 Å². The van der Waals surface area contributed by atoms with Gasteiger partial charge in [-0.15, -0.1) is 0 Å². The van der Waals surface area contributed by atoms with Crippen LogP contribution in [0.2, 0.25) is 0 Å². The molecular weight excluding hydrogens is 384 g/mol. The normalized spacial score (nSPS) is 11.3. The van der Waals surface area contributed by atoms with Gasteiger partial charge in [-0.3, -0.25) is 4.79 Å². The summed E-state index contributed by atoms with van der Waals surface area (Å²) >= 11 is 0. The molecule has 1 N–H and O–H groups in total. The quantitative estimate of drug-likeness (QED) is 0.261. The maximum absolute atomic E-state index is 11.8. The van der Waals surface area contributed by atoms with Crippen LogP contribution in [0.3, 0.4) is 0 Å². The molecule has 1 heterocycles. The Morgan fingerprint density at radius 1 is 0.871 bits per heavy atom. The molecule has 4 aromatic carbocycles. The second kappa shape index (κ2) is 7.10. The predicted molar refractivity (Wildman–Crippen MR) is 127 cm³/mol. The first kappa shape index (κ1) is 19.1. The molecule has 0 bridgehead atoms. The van der Waals surface area contributed by atoms with Gasteiger partial charge in [0, 0.05) is 27.6 Å². The van der Waals surface area contributed by atoms with Gasteiger partial charge in [-0.2, -0.15) is 0 Å². The molecule has 4 nitrogen and oxygen atoms in total. The van der Waals surface area contributed by atoms with Gasteiger partial charge < -0.3 is 9.73 Å². The van der Waals surface area contributed by atoms with Crippen molar-refractivity contribution < 1.29 is 9.21 Å². The van der Waals surface area contributed by atoms with Crippen LogP contribution < -0.4 is 5.32 Å². The number of carbonyl (C=O) groups is 1. The summed E-state index contributed by atoms with van der Waals surface area (Å²) in [5.74, 6) is 0.362. The molecule has 0 saturated carbocycles. The summed E-state index contributed by atoms with van der Waals surface area (Å²) in [7, 11) is 0. The van der Waals surface area contributed by atoms with Crippen LogP contribution >= 0.6 is 0 Å². The highest BCUT2D eigenvalue weighted by atomic mass is 16.3. The summed E-state index contributed by atoms with van der Waals surface area (Å²) in [5.41, 5.74) is 6.10. The fourth-order valence-electron chi connectivity index (χ4n) is 3.91. The first-order valence-electron chi connectivity index (χ1n) is 10.2. The first-order valence-corrected chi connectivity index (χ1v) is 10.2. The largest absolute Gasteiger partial charge is 0.435 e. The van der Waals surface area contributed by atoms with E-state index in [4.69, 9.17) is 9.40 Å². The SMILES string of the molecule is C=C(C)C(=O)Nc1ccc(-c2nc3c4ccc(C)cc4c4cc(C)ccc4c3o2)cc1. The molecule has 1 amide bonds. The third kappa shape index (κ3) is 3.26. The van der Waals surface area contributed by atoms with Crippen LogP contribution in [0, 0.1) is 13.8 Å². The van der Waals surface area contributed by atoms with Crippen LogP contribution in [0.15, 0.2) is 77.2 Å². The van der Waals surface area contributed by atoms with Gasteiger partial charge in [0.2, 0.25) is 5.89 Å². The van der Waals surface area contributed by atoms with E-state index in [9.17, 15) is 4.79 Å². The highest BCUT2D eigenvalue weighted by molar-refractivity contribution is 6.23. The number of benzene rings is 4. The zero-order chi connectivity index (χ0) is 21.7.